The zero-order valence-electron chi connectivity index (χ0n) is 13.8. The summed E-state index contributed by atoms with van der Waals surface area (Å²) in [6.07, 6.45) is 1.74. The van der Waals surface area contributed by atoms with Crippen LogP contribution in [-0.2, 0) is 13.0 Å². The molecule has 22 heavy (non-hydrogen) atoms. The first-order chi connectivity index (χ1) is 9.93. The van der Waals surface area contributed by atoms with Gasteiger partial charge in [-0.25, -0.2) is 4.79 Å². The van der Waals surface area contributed by atoms with Crippen LogP contribution in [0.4, 0.5) is 4.79 Å². The Kier molecular flexibility index (Phi) is 9.86. The number of rotatable bonds is 8. The molecule has 0 aliphatic carbocycles. The molecule has 1 aromatic carbocycles. The van der Waals surface area contributed by atoms with Crippen LogP contribution in [0.15, 0.2) is 24.3 Å². The third-order valence-corrected chi connectivity index (χ3v) is 3.50. The van der Waals surface area contributed by atoms with E-state index in [1.807, 2.05) is 25.1 Å². The van der Waals surface area contributed by atoms with Crippen LogP contribution < -0.4 is 5.73 Å². The Morgan fingerprint density at radius 3 is 2.36 bits per heavy atom. The van der Waals surface area contributed by atoms with Gasteiger partial charge in [-0.2, -0.15) is 0 Å². The molecule has 5 heteroatoms. The van der Waals surface area contributed by atoms with Gasteiger partial charge < -0.3 is 15.7 Å². The molecule has 0 radical (unpaired) electrons. The number of amides is 1. The molecule has 1 rings (SSSR count). The van der Waals surface area contributed by atoms with Crippen LogP contribution in [0.25, 0.3) is 0 Å². The highest BCUT2D eigenvalue weighted by Gasteiger charge is 2.15. The fourth-order valence-electron chi connectivity index (χ4n) is 2.60. The molecule has 0 saturated carbocycles. The van der Waals surface area contributed by atoms with Gasteiger partial charge in [0.15, 0.2) is 0 Å². The number of carboxylic acid groups (broad SMARTS) is 1. The SMILES string of the molecule is CCCN(Cc1ccccc1C[C@@H](N)CC(C)C)C(=O)O.Cl. The Balaban J connectivity index is 0.00000441. The summed E-state index contributed by atoms with van der Waals surface area (Å²) in [5.41, 5.74) is 8.42. The smallest absolute Gasteiger partial charge is 0.407 e. The predicted octanol–water partition coefficient (Wildman–Crippen LogP) is 3.91. The Hall–Kier alpha value is -1.26. The second-order valence-corrected chi connectivity index (χ2v) is 6.07. The third kappa shape index (κ3) is 7.14. The molecule has 1 atom stereocenters. The van der Waals surface area contributed by atoms with E-state index >= 15 is 0 Å². The van der Waals surface area contributed by atoms with Crippen molar-refractivity contribution in [3.8, 4) is 0 Å². The normalized spacial score (nSPS) is 11.9. The number of hydrogen-bond acceptors (Lipinski definition) is 2. The van der Waals surface area contributed by atoms with E-state index in [-0.39, 0.29) is 18.4 Å². The second kappa shape index (κ2) is 10.5. The van der Waals surface area contributed by atoms with E-state index in [1.54, 1.807) is 0 Å². The minimum Gasteiger partial charge on any atom is -0.465 e. The summed E-state index contributed by atoms with van der Waals surface area (Å²) in [5, 5.41) is 9.26. The van der Waals surface area contributed by atoms with Crippen LogP contribution in [0.1, 0.15) is 44.7 Å². The molecule has 0 saturated heterocycles. The summed E-state index contributed by atoms with van der Waals surface area (Å²) in [6.45, 7) is 7.31. The van der Waals surface area contributed by atoms with Crippen LogP contribution in [-0.4, -0.2) is 28.7 Å². The van der Waals surface area contributed by atoms with E-state index in [0.29, 0.717) is 19.0 Å². The van der Waals surface area contributed by atoms with Gasteiger partial charge in [-0.3, -0.25) is 0 Å². The van der Waals surface area contributed by atoms with E-state index < -0.39 is 6.09 Å². The van der Waals surface area contributed by atoms with Gasteiger partial charge in [0.25, 0.3) is 0 Å². The van der Waals surface area contributed by atoms with Crippen molar-refractivity contribution < 1.29 is 9.90 Å². The number of carbonyl (C=O) groups is 1. The van der Waals surface area contributed by atoms with E-state index in [9.17, 15) is 9.90 Å². The van der Waals surface area contributed by atoms with Gasteiger partial charge in [-0.1, -0.05) is 45.0 Å². The molecule has 0 fully saturated rings. The van der Waals surface area contributed by atoms with Gasteiger partial charge in [-0.05, 0) is 36.3 Å². The molecule has 0 heterocycles. The topological polar surface area (TPSA) is 66.6 Å². The van der Waals surface area contributed by atoms with Crippen molar-refractivity contribution in [1.29, 1.82) is 0 Å². The number of benzene rings is 1. The fraction of sp³-hybridized carbons (Fsp3) is 0.588. The molecular weight excluding hydrogens is 300 g/mol. The van der Waals surface area contributed by atoms with Gasteiger partial charge in [0.05, 0.1) is 0 Å². The zero-order chi connectivity index (χ0) is 15.8. The summed E-state index contributed by atoms with van der Waals surface area (Å²) in [5.74, 6) is 0.572. The minimum absolute atomic E-state index is 0. The van der Waals surface area contributed by atoms with Crippen LogP contribution in [0.3, 0.4) is 0 Å². The van der Waals surface area contributed by atoms with Crippen molar-refractivity contribution in [3.63, 3.8) is 0 Å². The zero-order valence-corrected chi connectivity index (χ0v) is 14.6. The lowest BCUT2D eigenvalue weighted by atomic mass is 9.95. The fourth-order valence-corrected chi connectivity index (χ4v) is 2.60. The lowest BCUT2D eigenvalue weighted by molar-refractivity contribution is 0.142. The van der Waals surface area contributed by atoms with Gasteiger partial charge in [0.1, 0.15) is 0 Å². The maximum atomic E-state index is 11.3. The molecule has 0 aromatic heterocycles. The highest BCUT2D eigenvalue weighted by Crippen LogP contribution is 2.16. The van der Waals surface area contributed by atoms with Crippen LogP contribution in [0.2, 0.25) is 0 Å². The average molecular weight is 329 g/mol. The highest BCUT2D eigenvalue weighted by molar-refractivity contribution is 5.85. The summed E-state index contributed by atoms with van der Waals surface area (Å²) in [6, 6.07) is 8.13. The van der Waals surface area contributed by atoms with Crippen molar-refractivity contribution >= 4 is 18.5 Å². The van der Waals surface area contributed by atoms with E-state index in [4.69, 9.17) is 5.73 Å². The lowest BCUT2D eigenvalue weighted by Crippen LogP contribution is -2.31. The quantitative estimate of drug-likeness (QED) is 0.760. The van der Waals surface area contributed by atoms with Crippen molar-refractivity contribution in [3.05, 3.63) is 35.4 Å². The van der Waals surface area contributed by atoms with Crippen LogP contribution in [0, 0.1) is 5.92 Å². The monoisotopic (exact) mass is 328 g/mol. The maximum absolute atomic E-state index is 11.3. The van der Waals surface area contributed by atoms with Crippen molar-refractivity contribution in [2.45, 2.75) is 52.6 Å². The molecule has 1 amide bonds. The summed E-state index contributed by atoms with van der Waals surface area (Å²) >= 11 is 0. The van der Waals surface area contributed by atoms with Crippen molar-refractivity contribution in [2.24, 2.45) is 11.7 Å². The molecule has 0 bridgehead atoms. The Bertz CT molecular complexity index is 452. The molecule has 0 aliphatic rings. The third-order valence-electron chi connectivity index (χ3n) is 3.50. The first-order valence-electron chi connectivity index (χ1n) is 7.74. The largest absolute Gasteiger partial charge is 0.465 e. The van der Waals surface area contributed by atoms with Crippen LogP contribution in [0.5, 0.6) is 0 Å². The number of nitrogens with two attached hydrogens (primary N) is 1. The van der Waals surface area contributed by atoms with Gasteiger partial charge in [0, 0.05) is 19.1 Å². The molecule has 0 spiro atoms. The molecule has 126 valence electrons. The number of nitrogens with zero attached hydrogens (tertiary/aromatic N) is 1. The summed E-state index contributed by atoms with van der Waals surface area (Å²) in [7, 11) is 0. The van der Waals surface area contributed by atoms with Gasteiger partial charge >= 0.3 is 6.09 Å². The lowest BCUT2D eigenvalue weighted by Gasteiger charge is -2.22. The molecular formula is C17H29ClN2O2. The minimum atomic E-state index is -0.863. The molecule has 0 unspecified atom stereocenters. The Labute approximate surface area is 140 Å². The predicted molar refractivity (Wildman–Crippen MR) is 93.6 cm³/mol. The number of hydrogen-bond donors (Lipinski definition) is 2. The standard InChI is InChI=1S/C17H28N2O2.ClH/c1-4-9-19(17(20)21)12-15-8-6-5-7-14(15)11-16(18)10-13(2)3;/h5-8,13,16H,4,9-12,18H2,1-3H3,(H,20,21);1H/t16-;/m0./s1. The average Bonchev–Trinajstić information content (AvgIpc) is 2.39. The molecule has 3 N–H and O–H groups in total. The first kappa shape index (κ1) is 20.7. The van der Waals surface area contributed by atoms with Crippen molar-refractivity contribution in [2.75, 3.05) is 6.54 Å². The van der Waals surface area contributed by atoms with Crippen molar-refractivity contribution in [1.82, 2.24) is 4.90 Å². The van der Waals surface area contributed by atoms with Crippen LogP contribution >= 0.6 is 12.4 Å². The second-order valence-electron chi connectivity index (χ2n) is 6.07. The highest BCUT2D eigenvalue weighted by atomic mass is 35.5. The summed E-state index contributed by atoms with van der Waals surface area (Å²) in [4.78, 5) is 12.7. The number of halogens is 1. The summed E-state index contributed by atoms with van der Waals surface area (Å²) < 4.78 is 0. The van der Waals surface area contributed by atoms with E-state index in [0.717, 1.165) is 30.4 Å². The molecule has 0 aliphatic heterocycles. The Morgan fingerprint density at radius 2 is 1.86 bits per heavy atom. The van der Waals surface area contributed by atoms with Gasteiger partial charge in [0.2, 0.25) is 0 Å². The Morgan fingerprint density at radius 1 is 1.27 bits per heavy atom. The molecule has 4 nitrogen and oxygen atoms in total. The van der Waals surface area contributed by atoms with E-state index in [1.165, 1.54) is 4.90 Å². The first-order valence-corrected chi connectivity index (χ1v) is 7.74. The van der Waals surface area contributed by atoms with Gasteiger partial charge in [-0.15, -0.1) is 12.4 Å². The molecule has 1 aromatic rings. The van der Waals surface area contributed by atoms with E-state index in [2.05, 4.69) is 19.9 Å². The maximum Gasteiger partial charge on any atom is 0.407 e.